The molecule has 2 heteroatoms. The monoisotopic (exact) mass is 282 g/mol. The van der Waals surface area contributed by atoms with Crippen LogP contribution in [0.3, 0.4) is 0 Å². The van der Waals surface area contributed by atoms with Gasteiger partial charge in [-0.1, -0.05) is 78.6 Å². The lowest BCUT2D eigenvalue weighted by atomic mass is 9.95. The van der Waals surface area contributed by atoms with Crippen LogP contribution in [0.2, 0.25) is 0 Å². The van der Waals surface area contributed by atoms with Crippen LogP contribution in [0.25, 0.3) is 0 Å². The minimum Gasteiger partial charge on any atom is -0.457 e. The molecule has 118 valence electrons. The van der Waals surface area contributed by atoms with Crippen LogP contribution in [0.4, 0.5) is 0 Å². The van der Waals surface area contributed by atoms with Crippen LogP contribution in [0.5, 0.6) is 0 Å². The second-order valence-electron chi connectivity index (χ2n) is 6.41. The number of unbranched alkanes of at least 4 members (excludes halogenated alkanes) is 9. The Morgan fingerprint density at radius 3 is 1.65 bits per heavy atom. The summed E-state index contributed by atoms with van der Waals surface area (Å²) in [5.41, 5.74) is 0. The highest BCUT2D eigenvalue weighted by atomic mass is 16.7. The van der Waals surface area contributed by atoms with Gasteiger partial charge in [-0.05, 0) is 6.42 Å². The second-order valence-corrected chi connectivity index (χ2v) is 6.41. The predicted octanol–water partition coefficient (Wildman–Crippen LogP) is 6.17. The standard InChI is InChI=1S/C18H34O2/c1-4-5-6-7-8-9-10-11-12-13-14-18(17(2)3)19-15-16-20-18/h15-17H,4-14H2,1-3H3. The third-order valence-electron chi connectivity index (χ3n) is 4.35. The molecule has 0 aromatic rings. The summed E-state index contributed by atoms with van der Waals surface area (Å²) < 4.78 is 11.4. The first-order valence-corrected chi connectivity index (χ1v) is 8.72. The first-order chi connectivity index (χ1) is 9.71. The molecule has 1 aliphatic rings. The van der Waals surface area contributed by atoms with E-state index in [-0.39, 0.29) is 5.79 Å². The van der Waals surface area contributed by atoms with E-state index in [2.05, 4.69) is 20.8 Å². The lowest BCUT2D eigenvalue weighted by Gasteiger charge is -2.31. The molecule has 0 bridgehead atoms. The van der Waals surface area contributed by atoms with Gasteiger partial charge in [-0.3, -0.25) is 0 Å². The van der Waals surface area contributed by atoms with E-state index in [0.717, 1.165) is 6.42 Å². The summed E-state index contributed by atoms with van der Waals surface area (Å²) in [4.78, 5) is 0. The largest absolute Gasteiger partial charge is 0.457 e. The highest BCUT2D eigenvalue weighted by Gasteiger charge is 2.38. The van der Waals surface area contributed by atoms with Gasteiger partial charge in [0.2, 0.25) is 0 Å². The van der Waals surface area contributed by atoms with Crippen LogP contribution in [0.15, 0.2) is 12.5 Å². The number of hydrogen-bond acceptors (Lipinski definition) is 2. The van der Waals surface area contributed by atoms with Crippen LogP contribution < -0.4 is 0 Å². The third-order valence-corrected chi connectivity index (χ3v) is 4.35. The van der Waals surface area contributed by atoms with Crippen LogP contribution >= 0.6 is 0 Å². The molecule has 0 atom stereocenters. The van der Waals surface area contributed by atoms with Gasteiger partial charge in [-0.15, -0.1) is 0 Å². The molecule has 0 amide bonds. The molecule has 0 saturated carbocycles. The molecular weight excluding hydrogens is 248 g/mol. The van der Waals surface area contributed by atoms with Crippen molar-refractivity contribution in [2.75, 3.05) is 0 Å². The zero-order valence-corrected chi connectivity index (χ0v) is 13.8. The summed E-state index contributed by atoms with van der Waals surface area (Å²) >= 11 is 0. The molecule has 0 aromatic heterocycles. The zero-order valence-electron chi connectivity index (χ0n) is 13.8. The first-order valence-electron chi connectivity index (χ1n) is 8.72. The van der Waals surface area contributed by atoms with E-state index < -0.39 is 0 Å². The molecule has 0 fully saturated rings. The van der Waals surface area contributed by atoms with Crippen LogP contribution in [0.1, 0.15) is 91.4 Å². The van der Waals surface area contributed by atoms with Crippen molar-refractivity contribution in [3.63, 3.8) is 0 Å². The Morgan fingerprint density at radius 2 is 1.20 bits per heavy atom. The smallest absolute Gasteiger partial charge is 0.252 e. The maximum absolute atomic E-state index is 5.68. The van der Waals surface area contributed by atoms with Crippen LogP contribution in [0, 0.1) is 5.92 Å². The Balaban J connectivity index is 1.94. The number of rotatable bonds is 12. The van der Waals surface area contributed by atoms with Crippen molar-refractivity contribution in [1.29, 1.82) is 0 Å². The molecule has 0 aromatic carbocycles. The van der Waals surface area contributed by atoms with Gasteiger partial charge in [-0.25, -0.2) is 0 Å². The molecule has 0 radical (unpaired) electrons. The Morgan fingerprint density at radius 1 is 0.750 bits per heavy atom. The van der Waals surface area contributed by atoms with Crippen molar-refractivity contribution in [3.8, 4) is 0 Å². The molecule has 1 aliphatic heterocycles. The number of hydrogen-bond donors (Lipinski definition) is 0. The van der Waals surface area contributed by atoms with Gasteiger partial charge in [-0.2, -0.15) is 0 Å². The molecule has 0 aliphatic carbocycles. The van der Waals surface area contributed by atoms with E-state index in [1.165, 1.54) is 64.2 Å². The zero-order chi connectivity index (χ0) is 14.7. The lowest BCUT2D eigenvalue weighted by Crippen LogP contribution is -2.36. The van der Waals surface area contributed by atoms with Gasteiger partial charge in [0.1, 0.15) is 12.5 Å². The quantitative estimate of drug-likeness (QED) is 0.399. The minimum absolute atomic E-state index is 0.375. The van der Waals surface area contributed by atoms with E-state index in [0.29, 0.717) is 5.92 Å². The van der Waals surface area contributed by atoms with E-state index in [1.54, 1.807) is 12.5 Å². The number of ether oxygens (including phenoxy) is 2. The molecule has 1 rings (SSSR count). The van der Waals surface area contributed by atoms with Gasteiger partial charge < -0.3 is 9.47 Å². The highest BCUT2D eigenvalue weighted by Crippen LogP contribution is 2.33. The fourth-order valence-electron chi connectivity index (χ4n) is 2.85. The predicted molar refractivity (Wildman–Crippen MR) is 85.3 cm³/mol. The maximum atomic E-state index is 5.68. The van der Waals surface area contributed by atoms with E-state index in [1.807, 2.05) is 0 Å². The van der Waals surface area contributed by atoms with Crippen molar-refractivity contribution in [2.45, 2.75) is 97.2 Å². The Hall–Kier alpha value is -0.660. The highest BCUT2D eigenvalue weighted by molar-refractivity contribution is 4.86. The summed E-state index contributed by atoms with van der Waals surface area (Å²) in [6.45, 7) is 6.61. The van der Waals surface area contributed by atoms with Crippen LogP contribution in [-0.4, -0.2) is 5.79 Å². The molecule has 0 spiro atoms. The van der Waals surface area contributed by atoms with Crippen molar-refractivity contribution in [1.82, 2.24) is 0 Å². The van der Waals surface area contributed by atoms with E-state index >= 15 is 0 Å². The average molecular weight is 282 g/mol. The van der Waals surface area contributed by atoms with Gasteiger partial charge in [0.15, 0.2) is 0 Å². The average Bonchev–Trinajstić information content (AvgIpc) is 2.91. The molecular formula is C18H34O2. The fraction of sp³-hybridized carbons (Fsp3) is 0.889. The summed E-state index contributed by atoms with van der Waals surface area (Å²) in [7, 11) is 0. The molecule has 2 nitrogen and oxygen atoms in total. The molecule has 20 heavy (non-hydrogen) atoms. The van der Waals surface area contributed by atoms with Crippen molar-refractivity contribution >= 4 is 0 Å². The maximum Gasteiger partial charge on any atom is 0.252 e. The van der Waals surface area contributed by atoms with Crippen LogP contribution in [-0.2, 0) is 9.47 Å². The Labute approximate surface area is 125 Å². The normalized spacial score (nSPS) is 16.4. The molecule has 0 N–H and O–H groups in total. The fourth-order valence-corrected chi connectivity index (χ4v) is 2.85. The molecule has 1 heterocycles. The van der Waals surface area contributed by atoms with Gasteiger partial charge >= 0.3 is 0 Å². The Kier molecular flexibility index (Phi) is 8.80. The third kappa shape index (κ3) is 6.19. The van der Waals surface area contributed by atoms with E-state index in [4.69, 9.17) is 9.47 Å². The Bertz CT molecular complexity index is 250. The topological polar surface area (TPSA) is 18.5 Å². The van der Waals surface area contributed by atoms with Crippen molar-refractivity contribution in [3.05, 3.63) is 12.5 Å². The van der Waals surface area contributed by atoms with Gasteiger partial charge in [0.25, 0.3) is 5.79 Å². The van der Waals surface area contributed by atoms with E-state index in [9.17, 15) is 0 Å². The summed E-state index contributed by atoms with van der Waals surface area (Å²) in [6, 6.07) is 0. The van der Waals surface area contributed by atoms with Crippen molar-refractivity contribution < 1.29 is 9.47 Å². The molecule has 0 saturated heterocycles. The van der Waals surface area contributed by atoms with Gasteiger partial charge in [0.05, 0.1) is 0 Å². The lowest BCUT2D eigenvalue weighted by molar-refractivity contribution is -0.178. The van der Waals surface area contributed by atoms with Gasteiger partial charge in [0, 0.05) is 12.3 Å². The first kappa shape index (κ1) is 17.4. The minimum atomic E-state index is -0.375. The summed E-state index contributed by atoms with van der Waals surface area (Å²) in [6.07, 6.45) is 18.1. The molecule has 0 unspecified atom stereocenters. The second kappa shape index (κ2) is 10.1. The SMILES string of the molecule is CCCCCCCCCCCCC1(C(C)C)OC=CO1. The van der Waals surface area contributed by atoms with Crippen molar-refractivity contribution in [2.24, 2.45) is 5.92 Å². The summed E-state index contributed by atoms with van der Waals surface area (Å²) in [5, 5.41) is 0. The summed E-state index contributed by atoms with van der Waals surface area (Å²) in [5.74, 6) is 0.0243.